The van der Waals surface area contributed by atoms with Crippen LogP contribution >= 0.6 is 11.3 Å². The third-order valence-corrected chi connectivity index (χ3v) is 3.62. The Morgan fingerprint density at radius 1 is 1.45 bits per heavy atom. The number of anilines is 1. The molecule has 0 unspecified atom stereocenters. The highest BCUT2D eigenvalue weighted by Gasteiger charge is 2.15. The first kappa shape index (κ1) is 13.8. The molecule has 0 bridgehead atoms. The van der Waals surface area contributed by atoms with Gasteiger partial charge in [-0.3, -0.25) is 10.1 Å². The van der Waals surface area contributed by atoms with Crippen LogP contribution in [0.2, 0.25) is 0 Å². The van der Waals surface area contributed by atoms with Crippen molar-refractivity contribution in [1.82, 2.24) is 0 Å². The van der Waals surface area contributed by atoms with Crippen LogP contribution in [0, 0.1) is 21.4 Å². The van der Waals surface area contributed by atoms with Crippen molar-refractivity contribution in [3.8, 4) is 11.8 Å². The summed E-state index contributed by atoms with van der Waals surface area (Å²) in [5, 5.41) is 22.8. The summed E-state index contributed by atoms with van der Waals surface area (Å²) in [6, 6.07) is 10.2. The van der Waals surface area contributed by atoms with Gasteiger partial charge in [-0.25, -0.2) is 0 Å². The first-order valence-electron chi connectivity index (χ1n) is 5.69. The van der Waals surface area contributed by atoms with Crippen molar-refractivity contribution in [3.63, 3.8) is 0 Å². The molecule has 1 heterocycles. The van der Waals surface area contributed by atoms with E-state index >= 15 is 0 Å². The number of ether oxygens (including phenoxy) is 1. The molecule has 0 radical (unpaired) electrons. The van der Waals surface area contributed by atoms with E-state index in [2.05, 4.69) is 11.4 Å². The number of thiophene rings is 1. The Kier molecular flexibility index (Phi) is 4.17. The van der Waals surface area contributed by atoms with Gasteiger partial charge in [-0.1, -0.05) is 0 Å². The highest BCUT2D eigenvalue weighted by atomic mass is 32.1. The predicted molar refractivity (Wildman–Crippen MR) is 76.0 cm³/mol. The molecule has 0 amide bonds. The zero-order valence-corrected chi connectivity index (χ0v) is 11.4. The number of methoxy groups -OCH3 is 1. The largest absolute Gasteiger partial charge is 0.496 e. The van der Waals surface area contributed by atoms with Crippen molar-refractivity contribution < 1.29 is 9.66 Å². The van der Waals surface area contributed by atoms with Crippen molar-refractivity contribution in [2.24, 2.45) is 0 Å². The summed E-state index contributed by atoms with van der Waals surface area (Å²) in [6.45, 7) is 0.430. The lowest BCUT2D eigenvalue weighted by Gasteiger charge is -2.07. The van der Waals surface area contributed by atoms with Crippen molar-refractivity contribution in [2.75, 3.05) is 12.4 Å². The second kappa shape index (κ2) is 6.04. The highest BCUT2D eigenvalue weighted by molar-refractivity contribution is 7.12. The topological polar surface area (TPSA) is 88.2 Å². The fourth-order valence-electron chi connectivity index (χ4n) is 1.65. The van der Waals surface area contributed by atoms with Crippen molar-refractivity contribution >= 4 is 22.7 Å². The number of hydrogen-bond acceptors (Lipinski definition) is 6. The molecule has 0 saturated heterocycles. The van der Waals surface area contributed by atoms with E-state index in [9.17, 15) is 10.1 Å². The number of nitrogens with zero attached hydrogens (tertiary/aromatic N) is 2. The van der Waals surface area contributed by atoms with E-state index in [-0.39, 0.29) is 5.69 Å². The minimum Gasteiger partial charge on any atom is -0.496 e. The molecule has 2 aromatic rings. The van der Waals surface area contributed by atoms with Gasteiger partial charge < -0.3 is 10.1 Å². The van der Waals surface area contributed by atoms with Crippen LogP contribution < -0.4 is 10.1 Å². The Morgan fingerprint density at radius 3 is 2.85 bits per heavy atom. The van der Waals surface area contributed by atoms with Gasteiger partial charge in [0.25, 0.3) is 5.69 Å². The number of hydrogen-bond donors (Lipinski definition) is 1. The summed E-state index contributed by atoms with van der Waals surface area (Å²) in [6.07, 6.45) is 0. The molecule has 0 saturated carbocycles. The number of benzene rings is 1. The minimum absolute atomic E-state index is 0.0404. The molecule has 7 heteroatoms. The summed E-state index contributed by atoms with van der Waals surface area (Å²) < 4.78 is 4.97. The second-order valence-electron chi connectivity index (χ2n) is 3.87. The van der Waals surface area contributed by atoms with Crippen molar-refractivity contribution in [2.45, 2.75) is 6.54 Å². The molecule has 1 aromatic carbocycles. The molecule has 0 aliphatic rings. The Hall–Kier alpha value is -2.59. The monoisotopic (exact) mass is 289 g/mol. The Balaban J connectivity index is 2.16. The minimum atomic E-state index is -0.458. The van der Waals surface area contributed by atoms with E-state index in [1.54, 1.807) is 18.2 Å². The van der Waals surface area contributed by atoms with E-state index < -0.39 is 4.92 Å². The van der Waals surface area contributed by atoms with Gasteiger partial charge >= 0.3 is 0 Å². The first-order valence-corrected chi connectivity index (χ1v) is 6.51. The quantitative estimate of drug-likeness (QED) is 0.674. The summed E-state index contributed by atoms with van der Waals surface area (Å²) in [4.78, 5) is 12.1. The fraction of sp³-hybridized carbons (Fsp3) is 0.154. The third-order valence-electron chi connectivity index (χ3n) is 2.63. The molecule has 0 fully saturated rings. The lowest BCUT2D eigenvalue weighted by molar-refractivity contribution is -0.384. The summed E-state index contributed by atoms with van der Waals surface area (Å²) in [5.41, 5.74) is 0.379. The van der Waals surface area contributed by atoms with Crippen LogP contribution in [0.5, 0.6) is 5.75 Å². The number of rotatable bonds is 5. The maximum Gasteiger partial charge on any atom is 0.296 e. The molecule has 0 aliphatic carbocycles. The second-order valence-corrected chi connectivity index (χ2v) is 5.04. The van der Waals surface area contributed by atoms with Crippen LogP contribution in [0.25, 0.3) is 0 Å². The van der Waals surface area contributed by atoms with Gasteiger partial charge in [-0.05, 0) is 24.3 Å². The predicted octanol–water partition coefficient (Wildman–Crippen LogP) is 3.15. The molecule has 0 aliphatic heterocycles. The van der Waals surface area contributed by atoms with Crippen molar-refractivity contribution in [1.29, 1.82) is 5.26 Å². The van der Waals surface area contributed by atoms with Gasteiger partial charge in [0.05, 0.1) is 18.1 Å². The first-order chi connectivity index (χ1) is 9.63. The summed E-state index contributed by atoms with van der Waals surface area (Å²) in [7, 11) is 1.46. The van der Waals surface area contributed by atoms with Gasteiger partial charge in [-0.2, -0.15) is 5.26 Å². The lowest BCUT2D eigenvalue weighted by atomic mass is 10.2. The standard InChI is InChI=1S/C13H11N3O3S/c1-19-9-2-5-12(13(6-9)16(17)18)15-8-11-4-3-10(7-14)20-11/h2-6,15H,8H2,1H3. The SMILES string of the molecule is COc1ccc(NCc2ccc(C#N)s2)c([N+](=O)[O-])c1. The van der Waals surface area contributed by atoms with Gasteiger partial charge in [0, 0.05) is 11.4 Å². The molecular weight excluding hydrogens is 278 g/mol. The van der Waals surface area contributed by atoms with Crippen LogP contribution in [0.15, 0.2) is 30.3 Å². The molecule has 6 nitrogen and oxygen atoms in total. The Morgan fingerprint density at radius 2 is 2.25 bits per heavy atom. The van der Waals surface area contributed by atoms with Crippen LogP contribution in [0.1, 0.15) is 9.75 Å². The molecule has 20 heavy (non-hydrogen) atoms. The third kappa shape index (κ3) is 3.05. The van der Waals surface area contributed by atoms with Gasteiger partial charge in [0.2, 0.25) is 0 Å². The molecule has 102 valence electrons. The molecular formula is C13H11N3O3S. The van der Waals surface area contributed by atoms with Crippen LogP contribution in [0.4, 0.5) is 11.4 Å². The average molecular weight is 289 g/mol. The van der Waals surface area contributed by atoms with E-state index in [4.69, 9.17) is 10.00 Å². The number of nitro benzene ring substituents is 1. The Labute approximate surface area is 119 Å². The van der Waals surface area contributed by atoms with E-state index in [1.165, 1.54) is 24.5 Å². The number of nitrogens with one attached hydrogen (secondary N) is 1. The van der Waals surface area contributed by atoms with E-state index in [0.29, 0.717) is 22.9 Å². The zero-order valence-electron chi connectivity index (χ0n) is 10.6. The van der Waals surface area contributed by atoms with E-state index in [1.807, 2.05) is 6.07 Å². The van der Waals surface area contributed by atoms with Crippen LogP contribution in [0.3, 0.4) is 0 Å². The van der Waals surface area contributed by atoms with Gasteiger partial charge in [0.15, 0.2) is 0 Å². The lowest BCUT2D eigenvalue weighted by Crippen LogP contribution is -2.01. The normalized spacial score (nSPS) is 9.80. The zero-order chi connectivity index (χ0) is 14.5. The number of nitriles is 1. The van der Waals surface area contributed by atoms with Gasteiger partial charge in [0.1, 0.15) is 22.4 Å². The maximum absolute atomic E-state index is 11.0. The molecule has 0 spiro atoms. The Bertz CT molecular complexity index is 676. The van der Waals surface area contributed by atoms with Crippen LogP contribution in [-0.4, -0.2) is 12.0 Å². The molecule has 1 aromatic heterocycles. The highest BCUT2D eigenvalue weighted by Crippen LogP contribution is 2.29. The molecule has 2 rings (SSSR count). The molecule has 1 N–H and O–H groups in total. The fourth-order valence-corrected chi connectivity index (χ4v) is 2.40. The molecule has 0 atom stereocenters. The summed E-state index contributed by atoms with van der Waals surface area (Å²) >= 11 is 1.36. The average Bonchev–Trinajstić information content (AvgIpc) is 2.92. The van der Waals surface area contributed by atoms with Crippen LogP contribution in [-0.2, 0) is 6.54 Å². The van der Waals surface area contributed by atoms with Gasteiger partial charge in [-0.15, -0.1) is 11.3 Å². The van der Waals surface area contributed by atoms with E-state index in [0.717, 1.165) is 4.88 Å². The summed E-state index contributed by atoms with van der Waals surface area (Å²) in [5.74, 6) is 0.435. The number of nitro groups is 1. The maximum atomic E-state index is 11.0. The van der Waals surface area contributed by atoms with Crippen molar-refractivity contribution in [3.05, 3.63) is 50.2 Å². The smallest absolute Gasteiger partial charge is 0.296 e.